The zero-order chi connectivity index (χ0) is 22.9. The number of hydrogen-bond acceptors (Lipinski definition) is 5. The lowest BCUT2D eigenvalue weighted by atomic mass is 9.90. The highest BCUT2D eigenvalue weighted by Crippen LogP contribution is 2.31. The SMILES string of the molecule is CC(=O)c1ccc(OCC(O)CN2C(=O)NC(C)(c3ccc4ccccc4c3)C2=O)cc1. The lowest BCUT2D eigenvalue weighted by Crippen LogP contribution is -2.42. The summed E-state index contributed by atoms with van der Waals surface area (Å²) in [5, 5.41) is 15.1. The van der Waals surface area contributed by atoms with Crippen LogP contribution in [0.1, 0.15) is 29.8 Å². The van der Waals surface area contributed by atoms with Crippen molar-refractivity contribution in [3.05, 3.63) is 77.9 Å². The van der Waals surface area contributed by atoms with Crippen molar-refractivity contribution < 1.29 is 24.2 Å². The zero-order valence-corrected chi connectivity index (χ0v) is 17.9. The van der Waals surface area contributed by atoms with Crippen LogP contribution in [0.15, 0.2) is 66.7 Å². The number of amides is 3. The number of nitrogens with one attached hydrogen (secondary N) is 1. The van der Waals surface area contributed by atoms with E-state index in [4.69, 9.17) is 4.74 Å². The zero-order valence-electron chi connectivity index (χ0n) is 17.9. The van der Waals surface area contributed by atoms with Crippen LogP contribution in [0.5, 0.6) is 5.75 Å². The van der Waals surface area contributed by atoms with Gasteiger partial charge in [0, 0.05) is 5.56 Å². The largest absolute Gasteiger partial charge is 0.491 e. The minimum absolute atomic E-state index is 0.0513. The van der Waals surface area contributed by atoms with Crippen molar-refractivity contribution in [2.45, 2.75) is 25.5 Å². The number of benzene rings is 3. The molecule has 1 fully saturated rings. The van der Waals surface area contributed by atoms with Gasteiger partial charge in [0.1, 0.15) is 24.0 Å². The molecule has 3 amide bonds. The molecule has 3 aromatic carbocycles. The molecule has 2 atom stereocenters. The quantitative estimate of drug-likeness (QED) is 0.441. The second-order valence-electron chi connectivity index (χ2n) is 8.08. The molecule has 32 heavy (non-hydrogen) atoms. The monoisotopic (exact) mass is 432 g/mol. The Labute approximate surface area is 185 Å². The third kappa shape index (κ3) is 4.07. The van der Waals surface area contributed by atoms with Gasteiger partial charge in [-0.25, -0.2) is 4.79 Å². The number of carbonyl (C=O) groups excluding carboxylic acids is 3. The molecule has 1 saturated heterocycles. The van der Waals surface area contributed by atoms with Gasteiger partial charge >= 0.3 is 6.03 Å². The molecule has 2 N–H and O–H groups in total. The van der Waals surface area contributed by atoms with Crippen LogP contribution < -0.4 is 10.1 Å². The first-order valence-corrected chi connectivity index (χ1v) is 10.3. The highest BCUT2D eigenvalue weighted by Gasteiger charge is 2.49. The Morgan fingerprint density at radius 1 is 1.06 bits per heavy atom. The number of fused-ring (bicyclic) bond motifs is 1. The predicted octanol–water partition coefficient (Wildman–Crippen LogP) is 3.25. The topological polar surface area (TPSA) is 95.9 Å². The number of hydrogen-bond donors (Lipinski definition) is 2. The first kappa shape index (κ1) is 21.5. The Balaban J connectivity index is 1.43. The number of carbonyl (C=O) groups is 3. The third-order valence-corrected chi connectivity index (χ3v) is 5.70. The summed E-state index contributed by atoms with van der Waals surface area (Å²) in [6.45, 7) is 2.84. The molecule has 7 heteroatoms. The summed E-state index contributed by atoms with van der Waals surface area (Å²) >= 11 is 0. The molecule has 4 rings (SSSR count). The summed E-state index contributed by atoms with van der Waals surface area (Å²) in [5.41, 5.74) is 0.0167. The van der Waals surface area contributed by atoms with Crippen molar-refractivity contribution in [3.63, 3.8) is 0 Å². The maximum Gasteiger partial charge on any atom is 0.325 e. The number of rotatable bonds is 7. The van der Waals surface area contributed by atoms with Gasteiger partial charge < -0.3 is 15.2 Å². The van der Waals surface area contributed by atoms with E-state index in [1.807, 2.05) is 42.5 Å². The second kappa shape index (κ2) is 8.43. The molecule has 164 valence electrons. The molecule has 1 aliphatic heterocycles. The lowest BCUT2D eigenvalue weighted by Gasteiger charge is -2.23. The fraction of sp³-hybridized carbons (Fsp3) is 0.240. The van der Waals surface area contributed by atoms with E-state index in [0.717, 1.165) is 15.7 Å². The molecule has 2 unspecified atom stereocenters. The van der Waals surface area contributed by atoms with E-state index in [-0.39, 0.29) is 18.9 Å². The van der Waals surface area contributed by atoms with Crippen LogP contribution in [0.2, 0.25) is 0 Å². The number of imide groups is 1. The smallest absolute Gasteiger partial charge is 0.325 e. The molecular weight excluding hydrogens is 408 g/mol. The minimum Gasteiger partial charge on any atom is -0.491 e. The third-order valence-electron chi connectivity index (χ3n) is 5.70. The van der Waals surface area contributed by atoms with Crippen molar-refractivity contribution in [2.24, 2.45) is 0 Å². The Kier molecular flexibility index (Phi) is 5.67. The molecule has 0 aromatic heterocycles. The van der Waals surface area contributed by atoms with Crippen LogP contribution in [0, 0.1) is 0 Å². The molecule has 0 aliphatic carbocycles. The van der Waals surface area contributed by atoms with Gasteiger partial charge in [0.25, 0.3) is 5.91 Å². The Bertz CT molecular complexity index is 1190. The van der Waals surface area contributed by atoms with Crippen LogP contribution in [0.3, 0.4) is 0 Å². The van der Waals surface area contributed by atoms with E-state index in [1.54, 1.807) is 31.2 Å². The number of nitrogens with zero attached hydrogens (tertiary/aromatic N) is 1. The number of β-amino-alcohol motifs (C(OH)–C–C–N with tert-alkyl or cyclic N) is 1. The average molecular weight is 432 g/mol. The normalized spacial score (nSPS) is 19.2. The van der Waals surface area contributed by atoms with Gasteiger partial charge in [-0.05, 0) is 60.5 Å². The van der Waals surface area contributed by atoms with Crippen LogP contribution in [0.4, 0.5) is 4.79 Å². The fourth-order valence-corrected chi connectivity index (χ4v) is 3.80. The van der Waals surface area contributed by atoms with Crippen LogP contribution in [-0.4, -0.2) is 47.0 Å². The summed E-state index contributed by atoms with van der Waals surface area (Å²) in [7, 11) is 0. The molecule has 0 spiro atoms. The fourth-order valence-electron chi connectivity index (χ4n) is 3.80. The molecule has 0 radical (unpaired) electrons. The summed E-state index contributed by atoms with van der Waals surface area (Å²) < 4.78 is 5.54. The Hall–Kier alpha value is -3.71. The van der Waals surface area contributed by atoms with E-state index in [1.165, 1.54) is 6.92 Å². The molecule has 0 saturated carbocycles. The van der Waals surface area contributed by atoms with Gasteiger partial charge in [0.05, 0.1) is 6.54 Å². The number of aliphatic hydroxyl groups excluding tert-OH is 1. The second-order valence-corrected chi connectivity index (χ2v) is 8.08. The first-order chi connectivity index (χ1) is 15.3. The Morgan fingerprint density at radius 3 is 2.44 bits per heavy atom. The molecule has 7 nitrogen and oxygen atoms in total. The standard InChI is InChI=1S/C25H24N2O5/c1-16(28)17-8-11-22(12-9-17)32-15-21(29)14-27-23(30)25(2,26-24(27)31)20-10-7-18-5-3-4-6-19(18)13-20/h3-13,21,29H,14-15H2,1-2H3,(H,26,31). The maximum absolute atomic E-state index is 13.1. The molecule has 0 bridgehead atoms. The van der Waals surface area contributed by atoms with Crippen molar-refractivity contribution in [2.75, 3.05) is 13.2 Å². The minimum atomic E-state index is -1.22. The van der Waals surface area contributed by atoms with Gasteiger partial charge in [0.2, 0.25) is 0 Å². The Morgan fingerprint density at radius 2 is 1.75 bits per heavy atom. The van der Waals surface area contributed by atoms with Crippen LogP contribution in [-0.2, 0) is 10.3 Å². The highest BCUT2D eigenvalue weighted by molar-refractivity contribution is 6.07. The van der Waals surface area contributed by atoms with Gasteiger partial charge in [-0.15, -0.1) is 0 Å². The number of urea groups is 1. The van der Waals surface area contributed by atoms with Gasteiger partial charge in [-0.1, -0.05) is 36.4 Å². The molecule has 1 aliphatic rings. The number of ketones is 1. The van der Waals surface area contributed by atoms with E-state index < -0.39 is 23.6 Å². The first-order valence-electron chi connectivity index (χ1n) is 10.3. The highest BCUT2D eigenvalue weighted by atomic mass is 16.5. The van der Waals surface area contributed by atoms with Crippen molar-refractivity contribution in [1.82, 2.24) is 10.2 Å². The van der Waals surface area contributed by atoms with Crippen molar-refractivity contribution in [1.29, 1.82) is 0 Å². The number of aliphatic hydroxyl groups is 1. The van der Waals surface area contributed by atoms with Crippen molar-refractivity contribution in [3.8, 4) is 5.75 Å². The summed E-state index contributed by atoms with van der Waals surface area (Å²) in [4.78, 5) is 38.1. The number of ether oxygens (including phenoxy) is 1. The van der Waals surface area contributed by atoms with Crippen LogP contribution >= 0.6 is 0 Å². The van der Waals surface area contributed by atoms with E-state index in [0.29, 0.717) is 16.9 Å². The number of Topliss-reactive ketones (excluding diaryl/α,β-unsaturated/α-hetero) is 1. The van der Waals surface area contributed by atoms with Gasteiger partial charge in [-0.3, -0.25) is 14.5 Å². The van der Waals surface area contributed by atoms with Gasteiger partial charge in [-0.2, -0.15) is 0 Å². The maximum atomic E-state index is 13.1. The average Bonchev–Trinajstić information content (AvgIpc) is 3.01. The van der Waals surface area contributed by atoms with E-state index >= 15 is 0 Å². The predicted molar refractivity (Wildman–Crippen MR) is 119 cm³/mol. The molecule has 1 heterocycles. The summed E-state index contributed by atoms with van der Waals surface area (Å²) in [5.74, 6) is -0.000463. The summed E-state index contributed by atoms with van der Waals surface area (Å²) in [6, 6.07) is 19.4. The summed E-state index contributed by atoms with van der Waals surface area (Å²) in [6.07, 6.45) is -1.07. The van der Waals surface area contributed by atoms with E-state index in [9.17, 15) is 19.5 Å². The van der Waals surface area contributed by atoms with Gasteiger partial charge in [0.15, 0.2) is 5.78 Å². The van der Waals surface area contributed by atoms with E-state index in [2.05, 4.69) is 5.32 Å². The molecule has 3 aromatic rings. The van der Waals surface area contributed by atoms with Crippen LogP contribution in [0.25, 0.3) is 10.8 Å². The van der Waals surface area contributed by atoms with Crippen molar-refractivity contribution >= 4 is 28.5 Å². The lowest BCUT2D eigenvalue weighted by molar-refractivity contribution is -0.132. The molecular formula is C25H24N2O5.